The van der Waals surface area contributed by atoms with Crippen molar-refractivity contribution in [1.82, 2.24) is 4.98 Å². The number of pyridine rings is 1. The van der Waals surface area contributed by atoms with E-state index >= 15 is 0 Å². The summed E-state index contributed by atoms with van der Waals surface area (Å²) in [6, 6.07) is 19.2. The molecule has 0 saturated carbocycles. The Morgan fingerprint density at radius 1 is 0.920 bits per heavy atom. The quantitative estimate of drug-likeness (QED) is 0.717. The first-order valence-electron chi connectivity index (χ1n) is 8.11. The molecule has 4 rings (SSSR count). The minimum atomic E-state index is 0. The summed E-state index contributed by atoms with van der Waals surface area (Å²) < 4.78 is 5.50. The van der Waals surface area contributed by atoms with Gasteiger partial charge in [0.15, 0.2) is 0 Å². The Morgan fingerprint density at radius 3 is 2.32 bits per heavy atom. The molecular formula is C20H24N2O3. The maximum absolute atomic E-state index is 5.50. The maximum atomic E-state index is 5.50. The number of nitrogens with zero attached hydrogens (tertiary/aromatic N) is 2. The van der Waals surface area contributed by atoms with Gasteiger partial charge in [-0.05, 0) is 19.1 Å². The number of benzene rings is 2. The van der Waals surface area contributed by atoms with E-state index in [1.807, 2.05) is 0 Å². The van der Waals surface area contributed by atoms with E-state index in [4.69, 9.17) is 9.72 Å². The molecule has 1 aliphatic rings. The molecule has 0 bridgehead atoms. The van der Waals surface area contributed by atoms with E-state index in [9.17, 15) is 0 Å². The van der Waals surface area contributed by atoms with Crippen LogP contribution in [0.1, 0.15) is 5.56 Å². The molecule has 132 valence electrons. The third kappa shape index (κ3) is 3.79. The zero-order chi connectivity index (χ0) is 15.6. The molecule has 1 aromatic heterocycles. The second-order valence-electron chi connectivity index (χ2n) is 6.01. The number of morpholine rings is 1. The largest absolute Gasteiger partial charge is 0.412 e. The Labute approximate surface area is 147 Å². The predicted molar refractivity (Wildman–Crippen MR) is 102 cm³/mol. The highest BCUT2D eigenvalue weighted by molar-refractivity contribution is 5.94. The van der Waals surface area contributed by atoms with Gasteiger partial charge in [0.2, 0.25) is 0 Å². The molecule has 25 heavy (non-hydrogen) atoms. The van der Waals surface area contributed by atoms with Gasteiger partial charge in [-0.3, -0.25) is 0 Å². The summed E-state index contributed by atoms with van der Waals surface area (Å²) in [5, 5.41) is 1.21. The Kier molecular flexibility index (Phi) is 6.09. The molecule has 5 nitrogen and oxygen atoms in total. The van der Waals surface area contributed by atoms with Gasteiger partial charge < -0.3 is 20.6 Å². The smallest absolute Gasteiger partial charge is 0.0730 e. The monoisotopic (exact) mass is 340 g/mol. The molecule has 0 spiro atoms. The SMILES string of the molecule is Cc1ccc(-c2cc(N3CCOCC3)c3ccccc3n2)cc1.O.O. The molecule has 0 radical (unpaired) electrons. The van der Waals surface area contributed by atoms with Gasteiger partial charge in [0.1, 0.15) is 0 Å². The summed E-state index contributed by atoms with van der Waals surface area (Å²) in [5.41, 5.74) is 5.77. The second-order valence-corrected chi connectivity index (χ2v) is 6.01. The van der Waals surface area contributed by atoms with Crippen molar-refractivity contribution in [3.8, 4) is 11.3 Å². The molecule has 2 heterocycles. The average Bonchev–Trinajstić information content (AvgIpc) is 2.62. The molecule has 1 fully saturated rings. The van der Waals surface area contributed by atoms with E-state index in [2.05, 4.69) is 66.4 Å². The van der Waals surface area contributed by atoms with Crippen LogP contribution in [0.15, 0.2) is 54.6 Å². The van der Waals surface area contributed by atoms with Crippen molar-refractivity contribution >= 4 is 16.6 Å². The minimum Gasteiger partial charge on any atom is -0.412 e. The van der Waals surface area contributed by atoms with Gasteiger partial charge in [0, 0.05) is 29.7 Å². The van der Waals surface area contributed by atoms with Crippen molar-refractivity contribution < 1.29 is 15.7 Å². The number of fused-ring (bicyclic) bond motifs is 1. The van der Waals surface area contributed by atoms with Crippen LogP contribution < -0.4 is 4.90 Å². The van der Waals surface area contributed by atoms with Crippen molar-refractivity contribution in [3.63, 3.8) is 0 Å². The fraction of sp³-hybridized carbons (Fsp3) is 0.250. The molecule has 3 aromatic rings. The molecular weight excluding hydrogens is 316 g/mol. The lowest BCUT2D eigenvalue weighted by molar-refractivity contribution is 0.123. The molecule has 1 saturated heterocycles. The van der Waals surface area contributed by atoms with Crippen LogP contribution in [0.5, 0.6) is 0 Å². The lowest BCUT2D eigenvalue weighted by Gasteiger charge is -2.30. The normalized spacial score (nSPS) is 13.9. The van der Waals surface area contributed by atoms with Crippen LogP contribution in [0, 0.1) is 6.92 Å². The zero-order valence-corrected chi connectivity index (χ0v) is 14.3. The average molecular weight is 340 g/mol. The lowest BCUT2D eigenvalue weighted by atomic mass is 10.1. The number of rotatable bonds is 2. The maximum Gasteiger partial charge on any atom is 0.0730 e. The summed E-state index contributed by atoms with van der Waals surface area (Å²) in [7, 11) is 0. The van der Waals surface area contributed by atoms with E-state index < -0.39 is 0 Å². The standard InChI is InChI=1S/C20H20N2O.2H2O/c1-15-6-8-16(9-7-15)19-14-20(22-10-12-23-13-11-22)17-4-2-3-5-18(17)21-19;;/h2-9,14H,10-13H2,1H3;2*1H2. The van der Waals surface area contributed by atoms with Gasteiger partial charge in [-0.15, -0.1) is 0 Å². The van der Waals surface area contributed by atoms with Crippen LogP contribution in [-0.2, 0) is 4.74 Å². The summed E-state index contributed by atoms with van der Waals surface area (Å²) in [4.78, 5) is 7.28. The first-order chi connectivity index (χ1) is 11.3. The first kappa shape index (κ1) is 18.9. The Morgan fingerprint density at radius 2 is 1.60 bits per heavy atom. The van der Waals surface area contributed by atoms with Gasteiger partial charge in [-0.2, -0.15) is 0 Å². The van der Waals surface area contributed by atoms with Crippen molar-refractivity contribution in [2.75, 3.05) is 31.2 Å². The highest BCUT2D eigenvalue weighted by atomic mass is 16.5. The summed E-state index contributed by atoms with van der Waals surface area (Å²) in [5.74, 6) is 0. The summed E-state index contributed by atoms with van der Waals surface area (Å²) in [6.45, 7) is 5.55. The molecule has 0 atom stereocenters. The van der Waals surface area contributed by atoms with Crippen LogP contribution in [-0.4, -0.2) is 42.2 Å². The van der Waals surface area contributed by atoms with E-state index in [0.29, 0.717) is 0 Å². The summed E-state index contributed by atoms with van der Waals surface area (Å²) in [6.07, 6.45) is 0. The number of hydrogen-bond acceptors (Lipinski definition) is 3. The van der Waals surface area contributed by atoms with Crippen LogP contribution in [0.4, 0.5) is 5.69 Å². The fourth-order valence-corrected chi connectivity index (χ4v) is 3.10. The molecule has 0 unspecified atom stereocenters. The minimum absolute atomic E-state index is 0. The number of aromatic nitrogens is 1. The third-order valence-electron chi connectivity index (χ3n) is 4.39. The second kappa shape index (κ2) is 8.07. The fourth-order valence-electron chi connectivity index (χ4n) is 3.10. The van der Waals surface area contributed by atoms with Crippen molar-refractivity contribution in [2.45, 2.75) is 6.92 Å². The Bertz CT molecular complexity index is 828. The first-order valence-corrected chi connectivity index (χ1v) is 8.11. The van der Waals surface area contributed by atoms with E-state index in [0.717, 1.165) is 43.1 Å². The molecule has 2 aromatic carbocycles. The van der Waals surface area contributed by atoms with Crippen LogP contribution in [0.2, 0.25) is 0 Å². The number of hydrogen-bond donors (Lipinski definition) is 0. The van der Waals surface area contributed by atoms with E-state index in [1.165, 1.54) is 16.6 Å². The number of ether oxygens (including phenoxy) is 1. The van der Waals surface area contributed by atoms with Crippen molar-refractivity contribution in [3.05, 3.63) is 60.2 Å². The van der Waals surface area contributed by atoms with Gasteiger partial charge in [0.25, 0.3) is 0 Å². The Hall–Kier alpha value is -2.47. The van der Waals surface area contributed by atoms with Crippen LogP contribution >= 0.6 is 0 Å². The van der Waals surface area contributed by atoms with Crippen LogP contribution in [0.25, 0.3) is 22.2 Å². The van der Waals surface area contributed by atoms with Crippen molar-refractivity contribution in [2.24, 2.45) is 0 Å². The van der Waals surface area contributed by atoms with Crippen LogP contribution in [0.3, 0.4) is 0 Å². The van der Waals surface area contributed by atoms with Gasteiger partial charge >= 0.3 is 0 Å². The van der Waals surface area contributed by atoms with E-state index in [1.54, 1.807) is 0 Å². The van der Waals surface area contributed by atoms with E-state index in [-0.39, 0.29) is 11.0 Å². The molecule has 0 amide bonds. The van der Waals surface area contributed by atoms with Gasteiger partial charge in [-0.25, -0.2) is 4.98 Å². The summed E-state index contributed by atoms with van der Waals surface area (Å²) >= 11 is 0. The number of anilines is 1. The van der Waals surface area contributed by atoms with Gasteiger partial charge in [0.05, 0.1) is 24.4 Å². The number of aryl methyl sites for hydroxylation is 1. The third-order valence-corrected chi connectivity index (χ3v) is 4.39. The Balaban J connectivity index is 0.00000113. The predicted octanol–water partition coefficient (Wildman–Crippen LogP) is 2.40. The lowest BCUT2D eigenvalue weighted by Crippen LogP contribution is -2.36. The molecule has 5 heteroatoms. The van der Waals surface area contributed by atoms with Crippen molar-refractivity contribution in [1.29, 1.82) is 0 Å². The molecule has 4 N–H and O–H groups in total. The highest BCUT2D eigenvalue weighted by Gasteiger charge is 2.16. The van der Waals surface area contributed by atoms with Gasteiger partial charge in [-0.1, -0.05) is 48.0 Å². The molecule has 0 aliphatic carbocycles. The zero-order valence-electron chi connectivity index (χ0n) is 14.3. The topological polar surface area (TPSA) is 88.4 Å². The molecule has 1 aliphatic heterocycles. The number of para-hydroxylation sites is 1. The highest BCUT2D eigenvalue weighted by Crippen LogP contribution is 2.31.